The van der Waals surface area contributed by atoms with E-state index in [1.165, 1.54) is 0 Å². The Labute approximate surface area is 163 Å². The molecule has 150 valence electrons. The molecule has 0 radical (unpaired) electrons. The van der Waals surface area contributed by atoms with Crippen molar-refractivity contribution >= 4 is 29.3 Å². The Balaban J connectivity index is 1.84. The summed E-state index contributed by atoms with van der Waals surface area (Å²) in [6.07, 6.45) is 3.98. The molecule has 9 nitrogen and oxygen atoms in total. The van der Waals surface area contributed by atoms with Crippen LogP contribution in [-0.4, -0.2) is 44.3 Å². The van der Waals surface area contributed by atoms with E-state index < -0.39 is 11.8 Å². The van der Waals surface area contributed by atoms with Gasteiger partial charge in [0, 0.05) is 0 Å². The lowest BCUT2D eigenvalue weighted by atomic mass is 9.76. The maximum Gasteiger partial charge on any atom is 0.267 e. The number of fused-ring (bicyclic) bond motifs is 1. The van der Waals surface area contributed by atoms with Crippen molar-refractivity contribution in [3.63, 3.8) is 0 Å². The normalized spacial score (nSPS) is 20.6. The molecular weight excluding hydrogens is 360 g/mol. The quantitative estimate of drug-likeness (QED) is 0.255. The van der Waals surface area contributed by atoms with Gasteiger partial charge in [0.05, 0.1) is 18.0 Å². The molecule has 1 aliphatic rings. The molecule has 28 heavy (non-hydrogen) atoms. The number of rotatable bonds is 6. The number of hydrogen-bond donors (Lipinski definition) is 2. The van der Waals surface area contributed by atoms with E-state index >= 15 is 0 Å². The molecule has 1 aromatic heterocycles. The van der Waals surface area contributed by atoms with Crippen LogP contribution < -0.4 is 10.9 Å². The van der Waals surface area contributed by atoms with E-state index in [2.05, 4.69) is 22.1 Å². The van der Waals surface area contributed by atoms with Crippen LogP contribution in [0.2, 0.25) is 0 Å². The first-order valence-corrected chi connectivity index (χ1v) is 9.49. The predicted molar refractivity (Wildman–Crippen MR) is 103 cm³/mol. The van der Waals surface area contributed by atoms with E-state index in [0.717, 1.165) is 36.3 Å². The molecular formula is C19H26N6O3. The van der Waals surface area contributed by atoms with Crippen molar-refractivity contribution in [3.8, 4) is 0 Å². The second kappa shape index (κ2) is 8.57. The summed E-state index contributed by atoms with van der Waals surface area (Å²) in [4.78, 5) is 28.3. The number of hydrazine groups is 1. The molecule has 1 fully saturated rings. The third-order valence-corrected chi connectivity index (χ3v) is 5.50. The van der Waals surface area contributed by atoms with Crippen LogP contribution in [0.1, 0.15) is 38.2 Å². The van der Waals surface area contributed by atoms with Crippen LogP contribution in [0.15, 0.2) is 18.2 Å². The summed E-state index contributed by atoms with van der Waals surface area (Å²) in [7, 11) is 0. The highest BCUT2D eigenvalue weighted by Crippen LogP contribution is 2.34. The number of carbonyl (C=O) groups excluding carboxylic acids is 2. The van der Waals surface area contributed by atoms with Gasteiger partial charge in [-0.05, 0) is 49.3 Å². The largest absolute Gasteiger partial charge is 0.286 e. The van der Waals surface area contributed by atoms with Crippen LogP contribution in [0.25, 0.3) is 11.0 Å². The van der Waals surface area contributed by atoms with Crippen LogP contribution in [0, 0.1) is 24.7 Å². The van der Waals surface area contributed by atoms with E-state index in [4.69, 9.17) is 5.84 Å². The van der Waals surface area contributed by atoms with Crippen LogP contribution in [0.3, 0.4) is 0 Å². The minimum Gasteiger partial charge on any atom is -0.286 e. The highest BCUT2D eigenvalue weighted by atomic mass is 16.5. The first-order chi connectivity index (χ1) is 13.4. The molecule has 2 aromatic rings. The first-order valence-electron chi connectivity index (χ1n) is 9.49. The van der Waals surface area contributed by atoms with Gasteiger partial charge >= 0.3 is 0 Å². The fourth-order valence-corrected chi connectivity index (χ4v) is 3.78. The summed E-state index contributed by atoms with van der Waals surface area (Å²) in [5, 5.41) is 19.2. The standard InChI is InChI=1S/C19H26N6O3/c1-12-3-6-14(7-4-12)15(10-24(28)11-26)18(27)25(20)19-21-16-8-5-13(2)9-17(16)22-23-19/h5,8-9,11-12,14-15,28H,3-4,6-7,10,20H2,1-2H3. The number of amides is 2. The van der Waals surface area contributed by atoms with Gasteiger partial charge in [-0.1, -0.05) is 25.8 Å². The minimum absolute atomic E-state index is 0.00822. The summed E-state index contributed by atoms with van der Waals surface area (Å²) in [6.45, 7) is 4.01. The van der Waals surface area contributed by atoms with Gasteiger partial charge in [-0.25, -0.2) is 20.9 Å². The van der Waals surface area contributed by atoms with E-state index in [-0.39, 0.29) is 18.4 Å². The van der Waals surface area contributed by atoms with Crippen molar-refractivity contribution in [2.45, 2.75) is 39.5 Å². The average Bonchev–Trinajstić information content (AvgIpc) is 2.71. The van der Waals surface area contributed by atoms with E-state index in [0.29, 0.717) is 28.4 Å². The highest BCUT2D eigenvalue weighted by Gasteiger charge is 2.35. The van der Waals surface area contributed by atoms with Crippen molar-refractivity contribution in [3.05, 3.63) is 23.8 Å². The van der Waals surface area contributed by atoms with Gasteiger partial charge in [0.1, 0.15) is 5.52 Å². The van der Waals surface area contributed by atoms with Crippen molar-refractivity contribution in [2.75, 3.05) is 11.6 Å². The van der Waals surface area contributed by atoms with Gasteiger partial charge in [0.15, 0.2) is 0 Å². The Morgan fingerprint density at radius 3 is 2.68 bits per heavy atom. The minimum atomic E-state index is -0.634. The molecule has 1 saturated carbocycles. The fraction of sp³-hybridized carbons (Fsp3) is 0.526. The molecule has 1 aliphatic carbocycles. The molecule has 1 aromatic carbocycles. The van der Waals surface area contributed by atoms with Gasteiger partial charge in [-0.3, -0.25) is 14.8 Å². The molecule has 1 heterocycles. The SMILES string of the molecule is Cc1ccc2nc(N(N)C(=O)C(CN(O)C=O)C3CCC(C)CC3)nnc2c1. The fourth-order valence-electron chi connectivity index (χ4n) is 3.78. The summed E-state index contributed by atoms with van der Waals surface area (Å²) in [5.74, 6) is 5.60. The van der Waals surface area contributed by atoms with Crippen molar-refractivity contribution in [2.24, 2.45) is 23.6 Å². The molecule has 0 bridgehead atoms. The maximum absolute atomic E-state index is 13.1. The third-order valence-electron chi connectivity index (χ3n) is 5.50. The summed E-state index contributed by atoms with van der Waals surface area (Å²) < 4.78 is 0. The van der Waals surface area contributed by atoms with Crippen molar-refractivity contribution in [1.29, 1.82) is 0 Å². The Bertz CT molecular complexity index is 853. The van der Waals surface area contributed by atoms with Gasteiger partial charge < -0.3 is 0 Å². The summed E-state index contributed by atoms with van der Waals surface area (Å²) in [6, 6.07) is 5.54. The molecule has 3 rings (SSSR count). The van der Waals surface area contributed by atoms with Gasteiger partial charge in [-0.2, -0.15) is 0 Å². The highest BCUT2D eigenvalue weighted by molar-refractivity contribution is 5.93. The zero-order chi connectivity index (χ0) is 20.3. The topological polar surface area (TPSA) is 126 Å². The van der Waals surface area contributed by atoms with E-state index in [1.807, 2.05) is 19.1 Å². The monoisotopic (exact) mass is 386 g/mol. The number of aryl methyl sites for hydroxylation is 1. The molecule has 1 atom stereocenters. The van der Waals surface area contributed by atoms with E-state index in [1.54, 1.807) is 6.07 Å². The van der Waals surface area contributed by atoms with Gasteiger partial charge in [-0.15, -0.1) is 10.2 Å². The lowest BCUT2D eigenvalue weighted by Crippen LogP contribution is -2.48. The number of carbonyl (C=O) groups is 2. The number of anilines is 1. The van der Waals surface area contributed by atoms with Gasteiger partial charge in [0.25, 0.3) is 5.95 Å². The molecule has 1 unspecified atom stereocenters. The smallest absolute Gasteiger partial charge is 0.267 e. The zero-order valence-electron chi connectivity index (χ0n) is 16.2. The third kappa shape index (κ3) is 4.42. The predicted octanol–water partition coefficient (Wildman–Crippen LogP) is 1.83. The van der Waals surface area contributed by atoms with Crippen molar-refractivity contribution < 1.29 is 14.8 Å². The maximum atomic E-state index is 13.1. The lowest BCUT2D eigenvalue weighted by Gasteiger charge is -2.34. The first kappa shape index (κ1) is 20.1. The molecule has 2 amide bonds. The molecule has 3 N–H and O–H groups in total. The summed E-state index contributed by atoms with van der Waals surface area (Å²) >= 11 is 0. The zero-order valence-corrected chi connectivity index (χ0v) is 16.2. The number of hydrogen-bond acceptors (Lipinski definition) is 7. The van der Waals surface area contributed by atoms with E-state index in [9.17, 15) is 14.8 Å². The van der Waals surface area contributed by atoms with Crippen molar-refractivity contribution in [1.82, 2.24) is 20.2 Å². The number of hydroxylamine groups is 2. The second-order valence-electron chi connectivity index (χ2n) is 7.67. The number of aromatic nitrogens is 3. The number of nitrogens with zero attached hydrogens (tertiary/aromatic N) is 5. The Hall–Kier alpha value is -2.65. The number of nitrogens with two attached hydrogens (primary N) is 1. The van der Waals surface area contributed by atoms with Crippen LogP contribution in [-0.2, 0) is 9.59 Å². The molecule has 0 spiro atoms. The Kier molecular flexibility index (Phi) is 6.15. The Morgan fingerprint density at radius 2 is 2.00 bits per heavy atom. The van der Waals surface area contributed by atoms with Crippen LogP contribution in [0.5, 0.6) is 0 Å². The van der Waals surface area contributed by atoms with Crippen LogP contribution in [0.4, 0.5) is 5.95 Å². The molecule has 0 aliphatic heterocycles. The van der Waals surface area contributed by atoms with Crippen LogP contribution >= 0.6 is 0 Å². The molecule has 0 saturated heterocycles. The Morgan fingerprint density at radius 1 is 1.29 bits per heavy atom. The second-order valence-corrected chi connectivity index (χ2v) is 7.67. The van der Waals surface area contributed by atoms with Gasteiger partial charge in [0.2, 0.25) is 12.3 Å². The average molecular weight is 386 g/mol. The summed E-state index contributed by atoms with van der Waals surface area (Å²) in [5.41, 5.74) is 2.23. The molecule has 9 heteroatoms. The lowest BCUT2D eigenvalue weighted by molar-refractivity contribution is -0.156. The number of benzene rings is 1.